The predicted octanol–water partition coefficient (Wildman–Crippen LogP) is 2.41. The first-order valence-corrected chi connectivity index (χ1v) is 5.65. The Balaban J connectivity index is 2.55. The van der Waals surface area contributed by atoms with E-state index in [0.29, 0.717) is 12.5 Å². The first-order valence-electron chi connectivity index (χ1n) is 5.65. The van der Waals surface area contributed by atoms with Gasteiger partial charge in [0.2, 0.25) is 0 Å². The van der Waals surface area contributed by atoms with Crippen LogP contribution < -0.4 is 5.32 Å². The highest BCUT2D eigenvalue weighted by atomic mass is 19.1. The van der Waals surface area contributed by atoms with Crippen molar-refractivity contribution < 1.29 is 9.50 Å². The summed E-state index contributed by atoms with van der Waals surface area (Å²) in [4.78, 5) is 0. The van der Waals surface area contributed by atoms with Crippen LogP contribution in [0.5, 0.6) is 0 Å². The molecule has 0 aromatic heterocycles. The monoisotopic (exact) mass is 225 g/mol. The van der Waals surface area contributed by atoms with Crippen molar-refractivity contribution in [2.75, 3.05) is 13.1 Å². The summed E-state index contributed by atoms with van der Waals surface area (Å²) >= 11 is 0. The Bertz CT molecular complexity index is 339. The molecule has 90 valence electrons. The zero-order chi connectivity index (χ0) is 12.1. The van der Waals surface area contributed by atoms with Crippen LogP contribution in [0.15, 0.2) is 18.2 Å². The number of aliphatic hydroxyl groups is 1. The van der Waals surface area contributed by atoms with E-state index in [1.54, 1.807) is 6.07 Å². The number of aryl methyl sites for hydroxylation is 1. The van der Waals surface area contributed by atoms with Gasteiger partial charge in [-0.05, 0) is 42.6 Å². The van der Waals surface area contributed by atoms with Gasteiger partial charge in [-0.25, -0.2) is 4.39 Å². The molecule has 1 aromatic rings. The Kier molecular flexibility index (Phi) is 4.90. The van der Waals surface area contributed by atoms with Crippen molar-refractivity contribution in [3.63, 3.8) is 0 Å². The second-order valence-corrected chi connectivity index (χ2v) is 4.57. The molecule has 2 nitrogen and oxygen atoms in total. The van der Waals surface area contributed by atoms with E-state index in [1.807, 2.05) is 6.92 Å². The molecule has 3 heteroatoms. The third-order valence-electron chi connectivity index (χ3n) is 2.48. The predicted molar refractivity (Wildman–Crippen MR) is 63.8 cm³/mol. The molecule has 1 aromatic carbocycles. The average molecular weight is 225 g/mol. The van der Waals surface area contributed by atoms with E-state index < -0.39 is 6.10 Å². The zero-order valence-corrected chi connectivity index (χ0v) is 10.1. The van der Waals surface area contributed by atoms with Crippen LogP contribution in [-0.4, -0.2) is 18.2 Å². The molecule has 0 bridgehead atoms. The highest BCUT2D eigenvalue weighted by Crippen LogP contribution is 2.17. The van der Waals surface area contributed by atoms with E-state index in [9.17, 15) is 9.50 Å². The molecule has 1 atom stereocenters. The number of nitrogens with one attached hydrogen (secondary N) is 1. The Morgan fingerprint density at radius 1 is 1.31 bits per heavy atom. The van der Waals surface area contributed by atoms with Gasteiger partial charge in [0, 0.05) is 6.54 Å². The molecule has 0 saturated carbocycles. The van der Waals surface area contributed by atoms with Crippen LogP contribution in [0.1, 0.15) is 31.1 Å². The molecule has 0 heterocycles. The number of halogens is 1. The Morgan fingerprint density at radius 3 is 2.56 bits per heavy atom. The average Bonchev–Trinajstić information content (AvgIpc) is 2.16. The molecule has 0 amide bonds. The lowest BCUT2D eigenvalue weighted by Crippen LogP contribution is -2.25. The fourth-order valence-corrected chi connectivity index (χ4v) is 1.63. The number of hydrogen-bond donors (Lipinski definition) is 2. The summed E-state index contributed by atoms with van der Waals surface area (Å²) in [5.74, 6) is 0.296. The fraction of sp³-hybridized carbons (Fsp3) is 0.538. The lowest BCUT2D eigenvalue weighted by Gasteiger charge is -2.15. The second kappa shape index (κ2) is 5.97. The lowest BCUT2D eigenvalue weighted by molar-refractivity contribution is 0.172. The number of aliphatic hydroxyl groups excluding tert-OH is 1. The number of hydrogen-bond acceptors (Lipinski definition) is 2. The highest BCUT2D eigenvalue weighted by Gasteiger charge is 2.10. The summed E-state index contributed by atoms with van der Waals surface area (Å²) in [5, 5.41) is 13.1. The van der Waals surface area contributed by atoms with E-state index in [4.69, 9.17) is 0 Å². The van der Waals surface area contributed by atoms with Crippen LogP contribution in [0.2, 0.25) is 0 Å². The molecular weight excluding hydrogens is 205 g/mol. The minimum atomic E-state index is -0.570. The highest BCUT2D eigenvalue weighted by molar-refractivity contribution is 5.28. The van der Waals surface area contributed by atoms with Gasteiger partial charge in [-0.3, -0.25) is 0 Å². The maximum absolute atomic E-state index is 12.9. The minimum Gasteiger partial charge on any atom is -0.387 e. The van der Waals surface area contributed by atoms with Gasteiger partial charge in [0.05, 0.1) is 6.10 Å². The summed E-state index contributed by atoms with van der Waals surface area (Å²) in [5.41, 5.74) is 1.58. The van der Waals surface area contributed by atoms with Crippen molar-refractivity contribution >= 4 is 0 Å². The van der Waals surface area contributed by atoms with Gasteiger partial charge in [0.25, 0.3) is 0 Å². The van der Waals surface area contributed by atoms with Gasteiger partial charge < -0.3 is 10.4 Å². The molecule has 1 unspecified atom stereocenters. The van der Waals surface area contributed by atoms with E-state index in [2.05, 4.69) is 19.2 Å². The topological polar surface area (TPSA) is 32.3 Å². The van der Waals surface area contributed by atoms with Crippen molar-refractivity contribution in [3.05, 3.63) is 35.1 Å². The van der Waals surface area contributed by atoms with Gasteiger partial charge in [-0.2, -0.15) is 0 Å². The maximum atomic E-state index is 12.9. The number of rotatable bonds is 5. The van der Waals surface area contributed by atoms with Crippen LogP contribution in [-0.2, 0) is 0 Å². The first kappa shape index (κ1) is 13.1. The molecule has 0 aliphatic heterocycles. The molecule has 16 heavy (non-hydrogen) atoms. The van der Waals surface area contributed by atoms with Crippen molar-refractivity contribution in [1.82, 2.24) is 5.32 Å². The van der Waals surface area contributed by atoms with Crippen molar-refractivity contribution in [2.45, 2.75) is 26.9 Å². The lowest BCUT2D eigenvalue weighted by atomic mass is 10.0. The second-order valence-electron chi connectivity index (χ2n) is 4.57. The Morgan fingerprint density at radius 2 is 2.00 bits per heavy atom. The summed E-state index contributed by atoms with van der Waals surface area (Å²) in [7, 11) is 0. The molecule has 0 fully saturated rings. The first-order chi connectivity index (χ1) is 7.50. The Labute approximate surface area is 96.5 Å². The molecule has 0 radical (unpaired) electrons. The standard InChI is InChI=1S/C13H20FNO/c1-9(2)7-15-8-13(16)12-5-4-11(14)6-10(12)3/h4-6,9,13,15-16H,7-8H2,1-3H3. The smallest absolute Gasteiger partial charge is 0.123 e. The fourth-order valence-electron chi connectivity index (χ4n) is 1.63. The molecule has 0 saturated heterocycles. The quantitative estimate of drug-likeness (QED) is 0.806. The van der Waals surface area contributed by atoms with E-state index >= 15 is 0 Å². The number of benzene rings is 1. The normalized spacial score (nSPS) is 13.1. The van der Waals surface area contributed by atoms with Crippen molar-refractivity contribution in [1.29, 1.82) is 0 Å². The molecule has 0 spiro atoms. The van der Waals surface area contributed by atoms with Crippen molar-refractivity contribution in [2.24, 2.45) is 5.92 Å². The van der Waals surface area contributed by atoms with Gasteiger partial charge in [0.1, 0.15) is 5.82 Å². The van der Waals surface area contributed by atoms with E-state index in [-0.39, 0.29) is 5.82 Å². The van der Waals surface area contributed by atoms with Crippen LogP contribution in [0.25, 0.3) is 0 Å². The van der Waals surface area contributed by atoms with Gasteiger partial charge in [-0.15, -0.1) is 0 Å². The molecule has 0 aliphatic carbocycles. The third kappa shape index (κ3) is 3.91. The molecule has 2 N–H and O–H groups in total. The summed E-state index contributed by atoms with van der Waals surface area (Å²) in [6, 6.07) is 4.47. The summed E-state index contributed by atoms with van der Waals surface area (Å²) < 4.78 is 12.9. The molecular formula is C13H20FNO. The summed E-state index contributed by atoms with van der Waals surface area (Å²) in [6.45, 7) is 7.41. The summed E-state index contributed by atoms with van der Waals surface area (Å²) in [6.07, 6.45) is -0.570. The molecule has 1 rings (SSSR count). The van der Waals surface area contributed by atoms with Crippen LogP contribution >= 0.6 is 0 Å². The third-order valence-corrected chi connectivity index (χ3v) is 2.48. The molecule has 0 aliphatic rings. The Hall–Kier alpha value is -0.930. The van der Waals surface area contributed by atoms with Gasteiger partial charge in [-0.1, -0.05) is 19.9 Å². The van der Waals surface area contributed by atoms with E-state index in [1.165, 1.54) is 12.1 Å². The maximum Gasteiger partial charge on any atom is 0.123 e. The largest absolute Gasteiger partial charge is 0.387 e. The van der Waals surface area contributed by atoms with Crippen LogP contribution in [0, 0.1) is 18.7 Å². The van der Waals surface area contributed by atoms with Gasteiger partial charge in [0.15, 0.2) is 0 Å². The van der Waals surface area contributed by atoms with Crippen molar-refractivity contribution in [3.8, 4) is 0 Å². The SMILES string of the molecule is Cc1cc(F)ccc1C(O)CNCC(C)C. The van der Waals surface area contributed by atoms with Crippen LogP contribution in [0.4, 0.5) is 4.39 Å². The van der Waals surface area contributed by atoms with Crippen LogP contribution in [0.3, 0.4) is 0 Å². The zero-order valence-electron chi connectivity index (χ0n) is 10.1. The van der Waals surface area contributed by atoms with Gasteiger partial charge >= 0.3 is 0 Å². The minimum absolute atomic E-state index is 0.261. The van der Waals surface area contributed by atoms with E-state index in [0.717, 1.165) is 17.7 Å².